The molecule has 1 saturated heterocycles. The molecule has 2 rings (SSSR count). The summed E-state index contributed by atoms with van der Waals surface area (Å²) in [4.78, 5) is 2.52. The minimum Gasteiger partial charge on any atom is -0.370 e. The minimum atomic E-state index is 0.810. The topological polar surface area (TPSA) is 3.24 Å². The fraction of sp³-hybridized carbons (Fsp3) is 0.538. The molecule has 0 aliphatic carbocycles. The average Bonchev–Trinajstić information content (AvgIpc) is 2.39. The van der Waals surface area contributed by atoms with E-state index in [4.69, 9.17) is 0 Å². The van der Waals surface area contributed by atoms with Gasteiger partial charge in [-0.2, -0.15) is 11.8 Å². The van der Waals surface area contributed by atoms with Crippen LogP contribution in [0.15, 0.2) is 24.3 Å². The summed E-state index contributed by atoms with van der Waals surface area (Å²) >= 11 is 5.60. The Morgan fingerprint density at radius 1 is 1.38 bits per heavy atom. The highest BCUT2D eigenvalue weighted by molar-refractivity contribution is 9.08. The lowest BCUT2D eigenvalue weighted by Crippen LogP contribution is -2.37. The van der Waals surface area contributed by atoms with Gasteiger partial charge in [0.25, 0.3) is 0 Å². The molecule has 0 bridgehead atoms. The molecule has 0 radical (unpaired) electrons. The van der Waals surface area contributed by atoms with E-state index in [0.29, 0.717) is 0 Å². The molecule has 1 atom stereocenters. The van der Waals surface area contributed by atoms with Crippen LogP contribution in [0, 0.1) is 0 Å². The third-order valence-electron chi connectivity index (χ3n) is 3.05. The number of nitrogens with zero attached hydrogens (tertiary/aromatic N) is 1. The molecule has 1 fully saturated rings. The Morgan fingerprint density at radius 3 is 2.75 bits per heavy atom. The third kappa shape index (κ3) is 2.95. The molecular weight excluding hydrogens is 282 g/mol. The molecule has 1 heterocycles. The Balaban J connectivity index is 2.05. The summed E-state index contributed by atoms with van der Waals surface area (Å²) in [6.45, 7) is 4.68. The van der Waals surface area contributed by atoms with Crippen molar-refractivity contribution in [3.05, 3.63) is 29.8 Å². The van der Waals surface area contributed by atoms with E-state index in [9.17, 15) is 0 Å². The number of halogens is 1. The van der Waals surface area contributed by atoms with E-state index < -0.39 is 0 Å². The minimum absolute atomic E-state index is 0.810. The first-order valence-corrected chi connectivity index (χ1v) is 8.02. The zero-order chi connectivity index (χ0) is 11.4. The zero-order valence-corrected chi connectivity index (χ0v) is 12.1. The first-order chi connectivity index (χ1) is 7.83. The summed E-state index contributed by atoms with van der Waals surface area (Å²) in [5.74, 6) is 1.26. The van der Waals surface area contributed by atoms with Crippen molar-refractivity contribution in [1.82, 2.24) is 0 Å². The second-order valence-electron chi connectivity index (χ2n) is 4.15. The van der Waals surface area contributed by atoms with Crippen LogP contribution < -0.4 is 4.90 Å². The molecule has 1 unspecified atom stereocenters. The van der Waals surface area contributed by atoms with Gasteiger partial charge in [-0.1, -0.05) is 35.0 Å². The van der Waals surface area contributed by atoms with Crippen molar-refractivity contribution in [3.63, 3.8) is 0 Å². The summed E-state index contributed by atoms with van der Waals surface area (Å²) in [6, 6.07) is 8.93. The summed E-state index contributed by atoms with van der Waals surface area (Å²) in [6.07, 6.45) is 1.28. The van der Waals surface area contributed by atoms with E-state index in [1.807, 2.05) is 0 Å². The van der Waals surface area contributed by atoms with Gasteiger partial charge in [-0.15, -0.1) is 0 Å². The largest absolute Gasteiger partial charge is 0.370 e. The molecule has 16 heavy (non-hydrogen) atoms. The highest BCUT2D eigenvalue weighted by Gasteiger charge is 2.18. The van der Waals surface area contributed by atoms with Crippen LogP contribution in [0.2, 0.25) is 0 Å². The first-order valence-electron chi connectivity index (χ1n) is 5.85. The van der Waals surface area contributed by atoms with Gasteiger partial charge in [0, 0.05) is 35.1 Å². The standard InChI is InChI=1S/C13H18BrNS/c1-2-13-10-15(7-8-16-13)12-5-3-11(9-14)4-6-12/h3-6,13H,2,7-10H2,1H3. The molecule has 1 aliphatic rings. The second-order valence-corrected chi connectivity index (χ2v) is 6.12. The van der Waals surface area contributed by atoms with Gasteiger partial charge in [0.2, 0.25) is 0 Å². The Hall–Kier alpha value is -0.150. The monoisotopic (exact) mass is 299 g/mol. The Bertz CT molecular complexity index is 325. The molecule has 1 aliphatic heterocycles. The number of anilines is 1. The maximum atomic E-state index is 3.48. The number of hydrogen-bond donors (Lipinski definition) is 0. The van der Waals surface area contributed by atoms with Gasteiger partial charge >= 0.3 is 0 Å². The molecule has 88 valence electrons. The van der Waals surface area contributed by atoms with Crippen LogP contribution in [0.1, 0.15) is 18.9 Å². The lowest BCUT2D eigenvalue weighted by Gasteiger charge is -2.33. The highest BCUT2D eigenvalue weighted by Crippen LogP contribution is 2.26. The Labute approximate surface area is 111 Å². The molecule has 3 heteroatoms. The number of hydrogen-bond acceptors (Lipinski definition) is 2. The maximum Gasteiger partial charge on any atom is 0.0367 e. The number of alkyl halides is 1. The van der Waals surface area contributed by atoms with Crippen molar-refractivity contribution >= 4 is 33.4 Å². The highest BCUT2D eigenvalue weighted by atomic mass is 79.9. The predicted octanol–water partition coefficient (Wildman–Crippen LogP) is 3.91. The Morgan fingerprint density at radius 2 is 2.12 bits per heavy atom. The lowest BCUT2D eigenvalue weighted by molar-refractivity contribution is 0.728. The van der Waals surface area contributed by atoms with Crippen molar-refractivity contribution in [2.75, 3.05) is 23.7 Å². The second kappa shape index (κ2) is 5.97. The van der Waals surface area contributed by atoms with Crippen LogP contribution in [-0.4, -0.2) is 24.1 Å². The Kier molecular flexibility index (Phi) is 4.59. The summed E-state index contributed by atoms with van der Waals surface area (Å²) in [7, 11) is 0. The van der Waals surface area contributed by atoms with Crippen molar-refractivity contribution < 1.29 is 0 Å². The van der Waals surface area contributed by atoms with E-state index in [2.05, 4.69) is 63.8 Å². The molecule has 0 N–H and O–H groups in total. The van der Waals surface area contributed by atoms with Crippen LogP contribution >= 0.6 is 27.7 Å². The van der Waals surface area contributed by atoms with E-state index >= 15 is 0 Å². The van der Waals surface area contributed by atoms with Crippen molar-refractivity contribution in [3.8, 4) is 0 Å². The fourth-order valence-corrected chi connectivity index (χ4v) is 3.55. The molecule has 1 aromatic rings. The van der Waals surface area contributed by atoms with E-state index in [1.54, 1.807) is 0 Å². The van der Waals surface area contributed by atoms with Gasteiger partial charge in [0.15, 0.2) is 0 Å². The smallest absolute Gasteiger partial charge is 0.0367 e. The van der Waals surface area contributed by atoms with Crippen LogP contribution in [0.4, 0.5) is 5.69 Å². The fourth-order valence-electron chi connectivity index (χ4n) is 2.00. The molecule has 0 spiro atoms. The van der Waals surface area contributed by atoms with E-state index in [-0.39, 0.29) is 0 Å². The van der Waals surface area contributed by atoms with Gasteiger partial charge in [-0.3, -0.25) is 0 Å². The summed E-state index contributed by atoms with van der Waals surface area (Å²) in [5, 5.41) is 1.75. The molecule has 1 aromatic carbocycles. The summed E-state index contributed by atoms with van der Waals surface area (Å²) in [5.41, 5.74) is 2.73. The van der Waals surface area contributed by atoms with Crippen molar-refractivity contribution in [2.45, 2.75) is 23.9 Å². The molecular formula is C13H18BrNS. The van der Waals surface area contributed by atoms with Gasteiger partial charge in [0.05, 0.1) is 0 Å². The number of rotatable bonds is 3. The normalized spacial score (nSPS) is 21.1. The van der Waals surface area contributed by atoms with E-state index in [0.717, 1.165) is 10.6 Å². The quantitative estimate of drug-likeness (QED) is 0.779. The van der Waals surface area contributed by atoms with Crippen LogP contribution in [0.25, 0.3) is 0 Å². The average molecular weight is 300 g/mol. The molecule has 0 amide bonds. The molecule has 0 aromatic heterocycles. The van der Waals surface area contributed by atoms with Gasteiger partial charge in [0.1, 0.15) is 0 Å². The van der Waals surface area contributed by atoms with Crippen LogP contribution in [0.5, 0.6) is 0 Å². The SMILES string of the molecule is CCC1CN(c2ccc(CBr)cc2)CCS1. The van der Waals surface area contributed by atoms with Gasteiger partial charge in [-0.05, 0) is 24.1 Å². The number of thioether (sulfide) groups is 1. The van der Waals surface area contributed by atoms with Crippen LogP contribution in [-0.2, 0) is 5.33 Å². The summed E-state index contributed by atoms with van der Waals surface area (Å²) < 4.78 is 0. The third-order valence-corrected chi connectivity index (χ3v) is 5.07. The number of benzene rings is 1. The van der Waals surface area contributed by atoms with Gasteiger partial charge < -0.3 is 4.90 Å². The first kappa shape index (κ1) is 12.3. The lowest BCUT2D eigenvalue weighted by atomic mass is 10.2. The maximum absolute atomic E-state index is 3.48. The van der Waals surface area contributed by atoms with Gasteiger partial charge in [-0.25, -0.2) is 0 Å². The zero-order valence-electron chi connectivity index (χ0n) is 9.66. The molecule has 0 saturated carbocycles. The van der Waals surface area contributed by atoms with Crippen molar-refractivity contribution in [1.29, 1.82) is 0 Å². The van der Waals surface area contributed by atoms with E-state index in [1.165, 1.54) is 36.5 Å². The predicted molar refractivity (Wildman–Crippen MR) is 77.8 cm³/mol. The van der Waals surface area contributed by atoms with Crippen LogP contribution in [0.3, 0.4) is 0 Å². The van der Waals surface area contributed by atoms with Crippen molar-refractivity contribution in [2.24, 2.45) is 0 Å². The molecule has 1 nitrogen and oxygen atoms in total.